The predicted octanol–water partition coefficient (Wildman–Crippen LogP) is 4.44. The van der Waals surface area contributed by atoms with Gasteiger partial charge in [0, 0.05) is 23.3 Å². The van der Waals surface area contributed by atoms with E-state index in [0.717, 1.165) is 37.1 Å². The summed E-state index contributed by atoms with van der Waals surface area (Å²) in [6.07, 6.45) is 4.44. The normalized spacial score (nSPS) is 19.3. The van der Waals surface area contributed by atoms with Crippen molar-refractivity contribution < 1.29 is 4.79 Å². The number of rotatable bonds is 2. The predicted molar refractivity (Wildman–Crippen MR) is 79.8 cm³/mol. The van der Waals surface area contributed by atoms with Gasteiger partial charge in [0.1, 0.15) is 0 Å². The van der Waals surface area contributed by atoms with Gasteiger partial charge in [-0.15, -0.1) is 0 Å². The van der Waals surface area contributed by atoms with E-state index in [4.69, 9.17) is 11.6 Å². The Morgan fingerprint density at radius 1 is 1.47 bits per heavy atom. The van der Waals surface area contributed by atoms with Crippen LogP contribution in [0.2, 0.25) is 5.02 Å². The van der Waals surface area contributed by atoms with Gasteiger partial charge in [-0.1, -0.05) is 24.6 Å². The summed E-state index contributed by atoms with van der Waals surface area (Å²) in [4.78, 5) is 14.3. The molecule has 0 radical (unpaired) electrons. The number of carbonyl (C=O) groups is 1. The highest BCUT2D eigenvalue weighted by atomic mass is 35.5. The smallest absolute Gasteiger partial charge is 0.322 e. The third-order valence-electron chi connectivity index (χ3n) is 3.80. The fraction of sp³-hybridized carbons (Fsp3) is 0.533. The van der Waals surface area contributed by atoms with Gasteiger partial charge in [-0.05, 0) is 50.3 Å². The molecule has 104 valence electrons. The maximum absolute atomic E-state index is 12.4. The van der Waals surface area contributed by atoms with Crippen LogP contribution >= 0.6 is 11.6 Å². The molecule has 0 aliphatic carbocycles. The topological polar surface area (TPSA) is 32.3 Å². The maximum atomic E-state index is 12.4. The minimum Gasteiger partial charge on any atom is -0.322 e. The van der Waals surface area contributed by atoms with Crippen molar-refractivity contribution in [3.05, 3.63) is 28.8 Å². The fourth-order valence-electron chi connectivity index (χ4n) is 2.61. The van der Waals surface area contributed by atoms with Gasteiger partial charge in [0.05, 0.1) is 0 Å². The third kappa shape index (κ3) is 3.41. The molecule has 1 aromatic carbocycles. The molecular weight excluding hydrogens is 260 g/mol. The molecule has 19 heavy (non-hydrogen) atoms. The maximum Gasteiger partial charge on any atom is 0.322 e. The summed E-state index contributed by atoms with van der Waals surface area (Å²) in [6.45, 7) is 4.96. The van der Waals surface area contributed by atoms with Crippen LogP contribution in [0.3, 0.4) is 0 Å². The molecule has 0 bridgehead atoms. The first kappa shape index (κ1) is 14.2. The van der Waals surface area contributed by atoms with Crippen molar-refractivity contribution in [1.82, 2.24) is 4.90 Å². The van der Waals surface area contributed by atoms with Gasteiger partial charge in [-0.2, -0.15) is 0 Å². The highest BCUT2D eigenvalue weighted by Gasteiger charge is 2.25. The molecule has 1 N–H and O–H groups in total. The van der Waals surface area contributed by atoms with Crippen LogP contribution in [0.15, 0.2) is 18.2 Å². The minimum atomic E-state index is -0.00285. The van der Waals surface area contributed by atoms with Crippen molar-refractivity contribution in [3.63, 3.8) is 0 Å². The number of hydrogen-bond donors (Lipinski definition) is 1. The number of benzene rings is 1. The molecule has 3 nitrogen and oxygen atoms in total. The first-order chi connectivity index (χ1) is 9.11. The zero-order chi connectivity index (χ0) is 13.8. The van der Waals surface area contributed by atoms with Crippen molar-refractivity contribution in [2.24, 2.45) is 0 Å². The van der Waals surface area contributed by atoms with Gasteiger partial charge in [-0.3, -0.25) is 0 Å². The van der Waals surface area contributed by atoms with Gasteiger partial charge in [0.2, 0.25) is 0 Å². The van der Waals surface area contributed by atoms with Crippen molar-refractivity contribution in [3.8, 4) is 0 Å². The van der Waals surface area contributed by atoms with Crippen molar-refractivity contribution in [2.75, 3.05) is 11.9 Å². The molecule has 1 saturated heterocycles. The number of aryl methyl sites for hydroxylation is 1. The number of hydrogen-bond acceptors (Lipinski definition) is 1. The average Bonchev–Trinajstić information content (AvgIpc) is 2.42. The summed E-state index contributed by atoms with van der Waals surface area (Å²) < 4.78 is 0. The molecule has 1 aromatic rings. The number of halogens is 1. The Morgan fingerprint density at radius 2 is 2.26 bits per heavy atom. The van der Waals surface area contributed by atoms with Crippen molar-refractivity contribution in [2.45, 2.75) is 45.6 Å². The highest BCUT2D eigenvalue weighted by molar-refractivity contribution is 6.31. The number of likely N-dealkylation sites (tertiary alicyclic amines) is 1. The summed E-state index contributed by atoms with van der Waals surface area (Å²) in [6, 6.07) is 5.93. The number of urea groups is 1. The Hall–Kier alpha value is -1.22. The van der Waals surface area contributed by atoms with E-state index in [-0.39, 0.29) is 6.03 Å². The lowest BCUT2D eigenvalue weighted by molar-refractivity contribution is 0.160. The molecule has 4 heteroatoms. The largest absolute Gasteiger partial charge is 0.322 e. The van der Waals surface area contributed by atoms with Crippen molar-refractivity contribution >= 4 is 23.3 Å². The van der Waals surface area contributed by atoms with Gasteiger partial charge < -0.3 is 10.2 Å². The zero-order valence-corrected chi connectivity index (χ0v) is 12.3. The molecule has 0 saturated carbocycles. The molecule has 1 heterocycles. The van der Waals surface area contributed by atoms with Gasteiger partial charge in [0.25, 0.3) is 0 Å². The Bertz CT molecular complexity index is 461. The Kier molecular flexibility index (Phi) is 4.70. The Morgan fingerprint density at radius 3 is 3.00 bits per heavy atom. The van der Waals surface area contributed by atoms with Gasteiger partial charge in [-0.25, -0.2) is 4.79 Å². The number of nitrogens with zero attached hydrogens (tertiary/aromatic N) is 1. The molecule has 1 aliphatic heterocycles. The lowest BCUT2D eigenvalue weighted by Gasteiger charge is -2.35. The van der Waals surface area contributed by atoms with Crippen LogP contribution in [0, 0.1) is 6.92 Å². The quantitative estimate of drug-likeness (QED) is 0.853. The zero-order valence-electron chi connectivity index (χ0n) is 11.6. The highest BCUT2D eigenvalue weighted by Crippen LogP contribution is 2.23. The van der Waals surface area contributed by atoms with E-state index in [1.807, 2.05) is 24.0 Å². The van der Waals surface area contributed by atoms with E-state index in [2.05, 4.69) is 12.2 Å². The second-order valence-corrected chi connectivity index (χ2v) is 5.58. The Balaban J connectivity index is 2.09. The molecule has 1 atom stereocenters. The lowest BCUT2D eigenvalue weighted by Crippen LogP contribution is -2.45. The number of carbonyl (C=O) groups excluding carboxylic acids is 1. The molecule has 2 rings (SSSR count). The summed E-state index contributed by atoms with van der Waals surface area (Å²) in [5.41, 5.74) is 1.83. The third-order valence-corrected chi connectivity index (χ3v) is 4.04. The van der Waals surface area contributed by atoms with Crippen LogP contribution in [0.4, 0.5) is 10.5 Å². The van der Waals surface area contributed by atoms with Gasteiger partial charge in [0.15, 0.2) is 0 Å². The van der Waals surface area contributed by atoms with Crippen molar-refractivity contribution in [1.29, 1.82) is 0 Å². The average molecular weight is 281 g/mol. The van der Waals surface area contributed by atoms with E-state index in [1.54, 1.807) is 6.07 Å². The molecule has 1 aliphatic rings. The standard InChI is InChI=1S/C15H21ClN2O/c1-3-13-6-4-5-9-18(13)15(19)17-14-10-12(16)8-7-11(14)2/h7-8,10,13H,3-6,9H2,1-2H3,(H,17,19). The van der Waals surface area contributed by atoms with E-state index < -0.39 is 0 Å². The van der Waals surface area contributed by atoms with E-state index in [9.17, 15) is 4.79 Å². The molecule has 1 fully saturated rings. The van der Waals surface area contributed by atoms with Crippen LogP contribution < -0.4 is 5.32 Å². The molecule has 1 unspecified atom stereocenters. The first-order valence-electron chi connectivity index (χ1n) is 6.95. The Labute approximate surface area is 119 Å². The first-order valence-corrected chi connectivity index (χ1v) is 7.33. The monoisotopic (exact) mass is 280 g/mol. The SMILES string of the molecule is CCC1CCCCN1C(=O)Nc1cc(Cl)ccc1C. The van der Waals surface area contributed by atoms with Crippen LogP contribution in [0.1, 0.15) is 38.2 Å². The second kappa shape index (κ2) is 6.29. The van der Waals surface area contributed by atoms with E-state index in [0.29, 0.717) is 11.1 Å². The molecule has 0 spiro atoms. The summed E-state index contributed by atoms with van der Waals surface area (Å²) in [5.74, 6) is 0. The number of amides is 2. The molecular formula is C15H21ClN2O. The fourth-order valence-corrected chi connectivity index (χ4v) is 2.78. The summed E-state index contributed by atoms with van der Waals surface area (Å²) >= 11 is 5.98. The summed E-state index contributed by atoms with van der Waals surface area (Å²) in [7, 11) is 0. The van der Waals surface area contributed by atoms with E-state index in [1.165, 1.54) is 6.42 Å². The summed E-state index contributed by atoms with van der Waals surface area (Å²) in [5, 5.41) is 3.63. The van der Waals surface area contributed by atoms with Gasteiger partial charge >= 0.3 is 6.03 Å². The van der Waals surface area contributed by atoms with Crippen LogP contribution in [-0.4, -0.2) is 23.5 Å². The number of anilines is 1. The molecule has 0 aromatic heterocycles. The minimum absolute atomic E-state index is 0.00285. The van der Waals surface area contributed by atoms with Crippen LogP contribution in [0.5, 0.6) is 0 Å². The number of piperidine rings is 1. The van der Waals surface area contributed by atoms with E-state index >= 15 is 0 Å². The van der Waals surface area contributed by atoms with Crippen LogP contribution in [-0.2, 0) is 0 Å². The van der Waals surface area contributed by atoms with Crippen LogP contribution in [0.25, 0.3) is 0 Å². The second-order valence-electron chi connectivity index (χ2n) is 5.14. The molecule has 2 amide bonds. The lowest BCUT2D eigenvalue weighted by atomic mass is 10.0. The number of nitrogens with one attached hydrogen (secondary N) is 1.